The van der Waals surface area contributed by atoms with Crippen LogP contribution in [0.1, 0.15) is 16.7 Å². The molecule has 6 aromatic carbocycles. The second kappa shape index (κ2) is 14.0. The highest BCUT2D eigenvalue weighted by Crippen LogP contribution is 2.48. The molecule has 7 aromatic rings. The van der Waals surface area contributed by atoms with Gasteiger partial charge in [-0.05, 0) is 66.7 Å². The highest BCUT2D eigenvalue weighted by molar-refractivity contribution is 6.54. The molecule has 0 saturated carbocycles. The topological polar surface area (TPSA) is 61.0 Å². The molecule has 1 aliphatic heterocycles. The van der Waals surface area contributed by atoms with Crippen molar-refractivity contribution in [3.05, 3.63) is 184 Å². The van der Waals surface area contributed by atoms with Crippen molar-refractivity contribution in [2.24, 2.45) is 9.98 Å². The van der Waals surface area contributed by atoms with Gasteiger partial charge < -0.3 is 9.47 Å². The minimum atomic E-state index is -1.48. The van der Waals surface area contributed by atoms with Crippen LogP contribution in [0.5, 0.6) is 11.5 Å². The summed E-state index contributed by atoms with van der Waals surface area (Å²) in [4.78, 5) is 16.8. The van der Waals surface area contributed by atoms with E-state index in [0.29, 0.717) is 32.9 Å². The van der Waals surface area contributed by atoms with Gasteiger partial charge in [-0.3, -0.25) is 4.57 Å². The highest BCUT2D eigenvalue weighted by atomic mass is 35.5. The van der Waals surface area contributed by atoms with Crippen molar-refractivity contribution in [2.45, 2.75) is 5.79 Å². The van der Waals surface area contributed by atoms with E-state index in [0.717, 1.165) is 50.7 Å². The maximum atomic E-state index is 7.23. The van der Waals surface area contributed by atoms with Crippen LogP contribution in [0.15, 0.2) is 168 Å². The number of imidazole rings is 1. The Morgan fingerprint density at radius 1 is 0.500 bits per heavy atom. The second-order valence-electron chi connectivity index (χ2n) is 12.2. The maximum absolute atomic E-state index is 7.23. The summed E-state index contributed by atoms with van der Waals surface area (Å²) < 4.78 is 13.2. The van der Waals surface area contributed by atoms with E-state index in [9.17, 15) is 0 Å². The summed E-state index contributed by atoms with van der Waals surface area (Å²) in [6, 6.07) is 51.4. The molecule has 0 N–H and O–H groups in total. The average molecular weight is 720 g/mol. The monoisotopic (exact) mass is 718 g/mol. The molecule has 1 aliphatic rings. The van der Waals surface area contributed by atoms with Gasteiger partial charge in [-0.2, -0.15) is 0 Å². The van der Waals surface area contributed by atoms with Gasteiger partial charge in [0.25, 0.3) is 5.79 Å². The summed E-state index contributed by atoms with van der Waals surface area (Å²) in [5.74, 6) is 0.560. The number of ether oxygens (including phenoxy) is 2. The van der Waals surface area contributed by atoms with Crippen LogP contribution in [0.2, 0.25) is 10.0 Å². The number of aromatic nitrogens is 2. The lowest BCUT2D eigenvalue weighted by molar-refractivity contribution is 0.408. The minimum Gasteiger partial charge on any atom is -0.497 e. The summed E-state index contributed by atoms with van der Waals surface area (Å²) >= 11 is 14.3. The molecule has 8 rings (SSSR count). The molecular weight excluding hydrogens is 687 g/mol. The third-order valence-electron chi connectivity index (χ3n) is 9.12. The second-order valence-corrected chi connectivity index (χ2v) is 13.0. The van der Waals surface area contributed by atoms with Crippen molar-refractivity contribution in [3.63, 3.8) is 0 Å². The molecule has 254 valence electrons. The van der Waals surface area contributed by atoms with E-state index in [1.54, 1.807) is 14.2 Å². The van der Waals surface area contributed by atoms with Crippen molar-refractivity contribution in [1.82, 2.24) is 9.55 Å². The zero-order chi connectivity index (χ0) is 35.7. The first-order chi connectivity index (χ1) is 25.5. The van der Waals surface area contributed by atoms with E-state index in [2.05, 4.69) is 16.7 Å². The maximum Gasteiger partial charge on any atom is 0.263 e. The Bertz CT molecular complexity index is 2440. The smallest absolute Gasteiger partial charge is 0.263 e. The number of halogens is 2. The van der Waals surface area contributed by atoms with Crippen LogP contribution in [-0.4, -0.2) is 35.2 Å². The first kappa shape index (κ1) is 33.2. The van der Waals surface area contributed by atoms with Gasteiger partial charge in [-0.15, -0.1) is 0 Å². The van der Waals surface area contributed by atoms with Crippen LogP contribution in [0.4, 0.5) is 0 Å². The van der Waals surface area contributed by atoms with Crippen LogP contribution >= 0.6 is 23.2 Å². The zero-order valence-corrected chi connectivity index (χ0v) is 29.9. The lowest BCUT2D eigenvalue weighted by atomic mass is 10.00. The Balaban J connectivity index is 1.57. The molecule has 1 aromatic heterocycles. The Morgan fingerprint density at radius 3 is 1.54 bits per heavy atom. The van der Waals surface area contributed by atoms with Crippen LogP contribution in [0, 0.1) is 0 Å². The first-order valence-corrected chi connectivity index (χ1v) is 17.5. The van der Waals surface area contributed by atoms with Gasteiger partial charge in [0.15, 0.2) is 0 Å². The molecule has 1 atom stereocenters. The first-order valence-electron chi connectivity index (χ1n) is 16.7. The molecule has 0 radical (unpaired) electrons. The van der Waals surface area contributed by atoms with E-state index in [-0.39, 0.29) is 0 Å². The molecule has 8 heteroatoms. The van der Waals surface area contributed by atoms with Crippen molar-refractivity contribution >= 4 is 34.6 Å². The van der Waals surface area contributed by atoms with Crippen molar-refractivity contribution in [3.8, 4) is 45.4 Å². The standard InChI is InChI=1S/C44H32Cl2N4O2/c1-51-33-25-21-31(22-26-33)40-39(29-13-5-3-6-14-29)48-44(49-40,36-18-10-12-20-38(36)46)50-42(32-23-27-34(52-2)28-24-32)41(30-15-7-4-8-16-30)47-43(50)35-17-9-11-19-37(35)45/h3-28H,1-2H3. The summed E-state index contributed by atoms with van der Waals surface area (Å²) in [7, 11) is 3.31. The van der Waals surface area contributed by atoms with Gasteiger partial charge >= 0.3 is 0 Å². The third kappa shape index (κ3) is 5.86. The van der Waals surface area contributed by atoms with Crippen LogP contribution in [-0.2, 0) is 5.79 Å². The molecular formula is C44H32Cl2N4O2. The van der Waals surface area contributed by atoms with Crippen molar-refractivity contribution < 1.29 is 9.47 Å². The van der Waals surface area contributed by atoms with Gasteiger partial charge in [0.2, 0.25) is 0 Å². The quantitative estimate of drug-likeness (QED) is 0.149. The molecule has 0 spiro atoms. The van der Waals surface area contributed by atoms with E-state index in [4.69, 9.17) is 47.6 Å². The number of methoxy groups -OCH3 is 2. The number of hydrogen-bond acceptors (Lipinski definition) is 5. The van der Waals surface area contributed by atoms with Crippen LogP contribution < -0.4 is 9.47 Å². The highest BCUT2D eigenvalue weighted by Gasteiger charge is 2.46. The summed E-state index contributed by atoms with van der Waals surface area (Å²) in [6.07, 6.45) is 0. The molecule has 1 unspecified atom stereocenters. The number of aliphatic imine (C=N–C) groups is 2. The van der Waals surface area contributed by atoms with E-state index >= 15 is 0 Å². The fourth-order valence-corrected chi connectivity index (χ4v) is 7.11. The van der Waals surface area contributed by atoms with Crippen molar-refractivity contribution in [1.29, 1.82) is 0 Å². The SMILES string of the molecule is COc1ccc(C2=NC(c3ccccc3Cl)(n3c(-c4ccccc4Cl)nc(-c4ccccc4)c3-c3ccc(OC)cc3)N=C2c2ccccc2)cc1. The van der Waals surface area contributed by atoms with Gasteiger partial charge in [-0.25, -0.2) is 15.0 Å². The lowest BCUT2D eigenvalue weighted by Crippen LogP contribution is -2.31. The predicted molar refractivity (Wildman–Crippen MR) is 211 cm³/mol. The Hall–Kier alpha value is -5.95. The predicted octanol–water partition coefficient (Wildman–Crippen LogP) is 10.9. The third-order valence-corrected chi connectivity index (χ3v) is 9.78. The molecule has 0 aliphatic carbocycles. The fourth-order valence-electron chi connectivity index (χ4n) is 6.62. The largest absolute Gasteiger partial charge is 0.497 e. The summed E-state index contributed by atoms with van der Waals surface area (Å²) in [5.41, 5.74) is 7.86. The van der Waals surface area contributed by atoms with E-state index in [1.165, 1.54) is 0 Å². The van der Waals surface area contributed by atoms with Crippen LogP contribution in [0.25, 0.3) is 33.9 Å². The van der Waals surface area contributed by atoms with E-state index in [1.807, 2.05) is 146 Å². The normalized spacial score (nSPS) is 15.2. The minimum absolute atomic E-state index is 0.499. The van der Waals surface area contributed by atoms with E-state index < -0.39 is 5.79 Å². The van der Waals surface area contributed by atoms with Crippen LogP contribution in [0.3, 0.4) is 0 Å². The Labute approximate surface area is 312 Å². The Morgan fingerprint density at radius 2 is 0.981 bits per heavy atom. The molecule has 6 nitrogen and oxygen atoms in total. The molecule has 52 heavy (non-hydrogen) atoms. The van der Waals surface area contributed by atoms with Crippen molar-refractivity contribution in [2.75, 3.05) is 14.2 Å². The fraction of sp³-hybridized carbons (Fsp3) is 0.0682. The lowest BCUT2D eigenvalue weighted by Gasteiger charge is -2.30. The molecule has 0 saturated heterocycles. The summed E-state index contributed by atoms with van der Waals surface area (Å²) in [5, 5.41) is 1.03. The molecule has 2 heterocycles. The Kier molecular flexibility index (Phi) is 8.93. The number of benzene rings is 6. The molecule has 0 amide bonds. The zero-order valence-electron chi connectivity index (χ0n) is 28.4. The van der Waals surface area contributed by atoms with Gasteiger partial charge in [0.1, 0.15) is 17.3 Å². The molecule has 0 bridgehead atoms. The van der Waals surface area contributed by atoms with Gasteiger partial charge in [-0.1, -0.05) is 114 Å². The number of rotatable bonds is 9. The molecule has 0 fully saturated rings. The number of nitrogens with zero attached hydrogens (tertiary/aromatic N) is 4. The average Bonchev–Trinajstić information content (AvgIpc) is 3.80. The summed E-state index contributed by atoms with van der Waals surface area (Å²) in [6.45, 7) is 0. The van der Waals surface area contributed by atoms with Gasteiger partial charge in [0, 0.05) is 33.4 Å². The van der Waals surface area contributed by atoms with Gasteiger partial charge in [0.05, 0.1) is 47.1 Å². The number of hydrogen-bond donors (Lipinski definition) is 0.